The monoisotopic (exact) mass is 312 g/mol. The van der Waals surface area contributed by atoms with Crippen molar-refractivity contribution in [1.29, 1.82) is 0 Å². The van der Waals surface area contributed by atoms with Gasteiger partial charge in [-0.1, -0.05) is 0 Å². The molecule has 1 aliphatic rings. The number of rotatable bonds is 4. The average molecular weight is 312 g/mol. The molecule has 0 spiro atoms. The molecule has 7 nitrogen and oxygen atoms in total. The lowest BCUT2D eigenvalue weighted by atomic mass is 10.2. The van der Waals surface area contributed by atoms with E-state index >= 15 is 0 Å². The molecule has 3 aromatic rings. The van der Waals surface area contributed by atoms with Gasteiger partial charge in [0, 0.05) is 13.1 Å². The zero-order valence-corrected chi connectivity index (χ0v) is 13.4. The van der Waals surface area contributed by atoms with Crippen molar-refractivity contribution in [2.45, 2.75) is 39.5 Å². The van der Waals surface area contributed by atoms with Crippen molar-refractivity contribution in [3.05, 3.63) is 54.0 Å². The SMILES string of the molecule is Cc1ccc(CN2CCn3c(Cn4cncn4)cnc3C2C)o1. The van der Waals surface area contributed by atoms with Crippen molar-refractivity contribution in [3.8, 4) is 0 Å². The van der Waals surface area contributed by atoms with E-state index in [4.69, 9.17) is 4.42 Å². The van der Waals surface area contributed by atoms with Gasteiger partial charge < -0.3 is 8.98 Å². The van der Waals surface area contributed by atoms with Gasteiger partial charge in [0.1, 0.15) is 30.0 Å². The molecule has 1 atom stereocenters. The van der Waals surface area contributed by atoms with E-state index in [1.807, 2.05) is 23.9 Å². The number of fused-ring (bicyclic) bond motifs is 1. The molecule has 0 N–H and O–H groups in total. The van der Waals surface area contributed by atoms with Crippen molar-refractivity contribution in [2.24, 2.45) is 0 Å². The van der Waals surface area contributed by atoms with Crippen LogP contribution in [0.25, 0.3) is 0 Å². The highest BCUT2D eigenvalue weighted by Crippen LogP contribution is 2.27. The van der Waals surface area contributed by atoms with Crippen LogP contribution in [0.2, 0.25) is 0 Å². The van der Waals surface area contributed by atoms with Crippen LogP contribution in [0.4, 0.5) is 0 Å². The maximum Gasteiger partial charge on any atom is 0.137 e. The lowest BCUT2D eigenvalue weighted by Gasteiger charge is -2.33. The second kappa shape index (κ2) is 5.66. The van der Waals surface area contributed by atoms with Crippen molar-refractivity contribution in [2.75, 3.05) is 6.54 Å². The summed E-state index contributed by atoms with van der Waals surface area (Å²) in [4.78, 5) is 11.0. The van der Waals surface area contributed by atoms with Crippen LogP contribution < -0.4 is 0 Å². The Morgan fingerprint density at radius 3 is 2.91 bits per heavy atom. The first-order valence-corrected chi connectivity index (χ1v) is 7.87. The molecule has 0 fully saturated rings. The van der Waals surface area contributed by atoms with Gasteiger partial charge in [0.25, 0.3) is 0 Å². The quantitative estimate of drug-likeness (QED) is 0.737. The highest BCUT2D eigenvalue weighted by molar-refractivity contribution is 5.12. The molecule has 3 aromatic heterocycles. The van der Waals surface area contributed by atoms with Gasteiger partial charge in [-0.05, 0) is 26.0 Å². The van der Waals surface area contributed by atoms with Gasteiger partial charge in [-0.2, -0.15) is 5.10 Å². The summed E-state index contributed by atoms with van der Waals surface area (Å²) in [6, 6.07) is 4.33. The van der Waals surface area contributed by atoms with Gasteiger partial charge in [0.2, 0.25) is 0 Å². The molecule has 23 heavy (non-hydrogen) atoms. The van der Waals surface area contributed by atoms with E-state index < -0.39 is 0 Å². The summed E-state index contributed by atoms with van der Waals surface area (Å²) in [6.07, 6.45) is 5.25. The van der Waals surface area contributed by atoms with Crippen LogP contribution in [0.5, 0.6) is 0 Å². The third-order valence-corrected chi connectivity index (χ3v) is 4.45. The summed E-state index contributed by atoms with van der Waals surface area (Å²) in [5, 5.41) is 4.17. The average Bonchev–Trinajstić information content (AvgIpc) is 3.25. The fraction of sp³-hybridized carbons (Fsp3) is 0.438. The number of hydrogen-bond donors (Lipinski definition) is 0. The molecular formula is C16H20N6O. The van der Waals surface area contributed by atoms with Crippen LogP contribution >= 0.6 is 0 Å². The lowest BCUT2D eigenvalue weighted by molar-refractivity contribution is 0.143. The molecule has 1 unspecified atom stereocenters. The molecule has 1 aliphatic heterocycles. The Bertz CT molecular complexity index is 787. The summed E-state index contributed by atoms with van der Waals surface area (Å²) >= 11 is 0. The minimum atomic E-state index is 0.263. The first kappa shape index (κ1) is 14.2. The highest BCUT2D eigenvalue weighted by atomic mass is 16.3. The summed E-state index contributed by atoms with van der Waals surface area (Å²) in [6.45, 7) is 7.62. The Morgan fingerprint density at radius 2 is 2.17 bits per heavy atom. The Hall–Kier alpha value is -2.41. The number of imidazole rings is 1. The number of nitrogens with zero attached hydrogens (tertiary/aromatic N) is 6. The van der Waals surface area contributed by atoms with Crippen molar-refractivity contribution in [3.63, 3.8) is 0 Å². The van der Waals surface area contributed by atoms with Gasteiger partial charge in [-0.25, -0.2) is 14.6 Å². The van der Waals surface area contributed by atoms with E-state index in [0.717, 1.165) is 37.0 Å². The summed E-state index contributed by atoms with van der Waals surface area (Å²) < 4.78 is 9.84. The summed E-state index contributed by atoms with van der Waals surface area (Å²) in [7, 11) is 0. The van der Waals surface area contributed by atoms with Crippen molar-refractivity contribution >= 4 is 0 Å². The molecule has 0 radical (unpaired) electrons. The normalized spacial score (nSPS) is 18.3. The second-order valence-corrected chi connectivity index (χ2v) is 6.01. The largest absolute Gasteiger partial charge is 0.465 e. The van der Waals surface area contributed by atoms with E-state index in [0.29, 0.717) is 6.54 Å². The van der Waals surface area contributed by atoms with E-state index in [-0.39, 0.29) is 6.04 Å². The fourth-order valence-electron chi connectivity index (χ4n) is 3.20. The zero-order chi connectivity index (χ0) is 15.8. The Morgan fingerprint density at radius 1 is 1.26 bits per heavy atom. The number of furan rings is 1. The molecule has 0 saturated carbocycles. The first-order valence-electron chi connectivity index (χ1n) is 7.87. The smallest absolute Gasteiger partial charge is 0.137 e. The van der Waals surface area contributed by atoms with Crippen molar-refractivity contribution < 1.29 is 4.42 Å². The molecule has 4 rings (SSSR count). The molecule has 0 bridgehead atoms. The number of aromatic nitrogens is 5. The Balaban J connectivity index is 1.53. The molecule has 0 aliphatic carbocycles. The maximum absolute atomic E-state index is 5.71. The minimum Gasteiger partial charge on any atom is -0.465 e. The third-order valence-electron chi connectivity index (χ3n) is 4.45. The molecular weight excluding hydrogens is 292 g/mol. The number of hydrogen-bond acceptors (Lipinski definition) is 5. The van der Waals surface area contributed by atoms with E-state index in [1.165, 1.54) is 5.69 Å². The minimum absolute atomic E-state index is 0.263. The summed E-state index contributed by atoms with van der Waals surface area (Å²) in [5.74, 6) is 3.08. The topological polar surface area (TPSA) is 64.9 Å². The zero-order valence-electron chi connectivity index (χ0n) is 13.4. The fourth-order valence-corrected chi connectivity index (χ4v) is 3.20. The molecule has 0 saturated heterocycles. The second-order valence-electron chi connectivity index (χ2n) is 6.01. The molecule has 120 valence electrons. The van der Waals surface area contributed by atoms with Crippen LogP contribution in [0, 0.1) is 6.92 Å². The first-order chi connectivity index (χ1) is 11.2. The third kappa shape index (κ3) is 2.68. The van der Waals surface area contributed by atoms with E-state index in [2.05, 4.69) is 37.5 Å². The predicted molar refractivity (Wildman–Crippen MR) is 83.6 cm³/mol. The van der Waals surface area contributed by atoms with Crippen LogP contribution in [-0.4, -0.2) is 35.8 Å². The molecule has 0 aromatic carbocycles. The van der Waals surface area contributed by atoms with Gasteiger partial charge in [-0.15, -0.1) is 0 Å². The summed E-state index contributed by atoms with van der Waals surface area (Å²) in [5.41, 5.74) is 1.17. The van der Waals surface area contributed by atoms with E-state index in [1.54, 1.807) is 12.7 Å². The van der Waals surface area contributed by atoms with E-state index in [9.17, 15) is 0 Å². The van der Waals surface area contributed by atoms with Crippen molar-refractivity contribution in [1.82, 2.24) is 29.2 Å². The highest BCUT2D eigenvalue weighted by Gasteiger charge is 2.27. The van der Waals surface area contributed by atoms with Gasteiger partial charge in [-0.3, -0.25) is 4.90 Å². The molecule has 0 amide bonds. The standard InChI is InChI=1S/C16H20N6O/c1-12-3-4-15(23-12)9-20-5-6-22-14(7-18-16(22)13(20)2)8-21-11-17-10-19-21/h3-4,7,10-11,13H,5-6,8-9H2,1-2H3. The van der Waals surface area contributed by atoms with Crippen LogP contribution in [-0.2, 0) is 19.6 Å². The predicted octanol–water partition coefficient (Wildman–Crippen LogP) is 2.00. The van der Waals surface area contributed by atoms with Gasteiger partial charge in [0.15, 0.2) is 0 Å². The van der Waals surface area contributed by atoms with Gasteiger partial charge >= 0.3 is 0 Å². The van der Waals surface area contributed by atoms with Crippen LogP contribution in [0.15, 0.2) is 35.4 Å². The Labute approximate surface area is 134 Å². The number of aryl methyl sites for hydroxylation is 1. The Kier molecular flexibility index (Phi) is 3.49. The molecule has 4 heterocycles. The van der Waals surface area contributed by atoms with Gasteiger partial charge in [0.05, 0.1) is 31.0 Å². The molecule has 7 heteroatoms. The van der Waals surface area contributed by atoms with Crippen LogP contribution in [0.1, 0.15) is 36.0 Å². The maximum atomic E-state index is 5.71. The lowest BCUT2D eigenvalue weighted by Crippen LogP contribution is -2.37. The van der Waals surface area contributed by atoms with Crippen LogP contribution in [0.3, 0.4) is 0 Å².